The zero-order valence-electron chi connectivity index (χ0n) is 7.43. The topological polar surface area (TPSA) is 47.4 Å². The number of carbonyl (C=O) groups excluding carboxylic acids is 1. The summed E-state index contributed by atoms with van der Waals surface area (Å²) >= 11 is 0. The molecule has 0 N–H and O–H groups in total. The van der Waals surface area contributed by atoms with Crippen molar-refractivity contribution >= 4 is 11.9 Å². The summed E-state index contributed by atoms with van der Waals surface area (Å²) < 4.78 is 6.47. The lowest BCUT2D eigenvalue weighted by Gasteiger charge is -2.25. The summed E-state index contributed by atoms with van der Waals surface area (Å²) in [6, 6.07) is 1.82. The van der Waals surface area contributed by atoms with Crippen LogP contribution in [0.2, 0.25) is 0 Å². The summed E-state index contributed by atoms with van der Waals surface area (Å²) in [5, 5.41) is 4.09. The highest BCUT2D eigenvalue weighted by Gasteiger charge is 2.22. The van der Waals surface area contributed by atoms with Crippen LogP contribution in [-0.4, -0.2) is 29.5 Å². The average molecular weight is 181 g/mol. The average Bonchev–Trinajstić information content (AvgIpc) is 2.63. The maximum atomic E-state index is 11.3. The molecule has 0 saturated heterocycles. The predicted octanol–water partition coefficient (Wildman–Crippen LogP) is 0.860. The molecule has 1 aliphatic heterocycles. The molecule has 5 heteroatoms. The van der Waals surface area contributed by atoms with E-state index >= 15 is 0 Å². The second kappa shape index (κ2) is 3.08. The quantitative estimate of drug-likeness (QED) is 0.596. The van der Waals surface area contributed by atoms with Crippen molar-refractivity contribution in [2.45, 2.75) is 13.0 Å². The van der Waals surface area contributed by atoms with Crippen molar-refractivity contribution in [3.8, 4) is 0 Å². The van der Waals surface area contributed by atoms with Gasteiger partial charge in [0, 0.05) is 19.2 Å². The summed E-state index contributed by atoms with van der Waals surface area (Å²) in [7, 11) is 1.39. The minimum atomic E-state index is -0.318. The van der Waals surface area contributed by atoms with Gasteiger partial charge in [0.15, 0.2) is 0 Å². The predicted molar refractivity (Wildman–Crippen MR) is 46.6 cm³/mol. The molecule has 0 saturated carbocycles. The summed E-state index contributed by atoms with van der Waals surface area (Å²) in [6.07, 6.45) is 2.29. The van der Waals surface area contributed by atoms with Gasteiger partial charge in [-0.1, -0.05) is 0 Å². The highest BCUT2D eigenvalue weighted by Crippen LogP contribution is 2.19. The maximum Gasteiger partial charge on any atom is 0.415 e. The van der Waals surface area contributed by atoms with Crippen molar-refractivity contribution in [3.05, 3.63) is 12.3 Å². The van der Waals surface area contributed by atoms with E-state index in [4.69, 9.17) is 0 Å². The monoisotopic (exact) mass is 181 g/mol. The molecule has 0 aromatic carbocycles. The van der Waals surface area contributed by atoms with Crippen molar-refractivity contribution in [2.75, 3.05) is 18.6 Å². The van der Waals surface area contributed by atoms with Crippen molar-refractivity contribution in [2.24, 2.45) is 0 Å². The highest BCUT2D eigenvalue weighted by atomic mass is 16.5. The number of methoxy groups -OCH3 is 1. The molecule has 0 fully saturated rings. The van der Waals surface area contributed by atoms with E-state index in [2.05, 4.69) is 9.84 Å². The minimum Gasteiger partial charge on any atom is -0.452 e. The van der Waals surface area contributed by atoms with Crippen molar-refractivity contribution < 1.29 is 9.53 Å². The van der Waals surface area contributed by atoms with Crippen molar-refractivity contribution in [1.29, 1.82) is 0 Å². The van der Waals surface area contributed by atoms with E-state index < -0.39 is 0 Å². The van der Waals surface area contributed by atoms with Gasteiger partial charge in [0.2, 0.25) is 0 Å². The lowest BCUT2D eigenvalue weighted by atomic mass is 10.3. The third-order valence-corrected chi connectivity index (χ3v) is 2.12. The Hall–Kier alpha value is -1.52. The van der Waals surface area contributed by atoms with Gasteiger partial charge >= 0.3 is 6.09 Å². The van der Waals surface area contributed by atoms with E-state index in [-0.39, 0.29) is 6.09 Å². The number of aryl methyl sites for hydroxylation is 1. The van der Waals surface area contributed by atoms with Gasteiger partial charge in [0.25, 0.3) is 0 Å². The number of nitrogens with zero attached hydrogens (tertiary/aromatic N) is 3. The Labute approximate surface area is 75.9 Å². The number of amides is 1. The SMILES string of the molecule is COC(=O)N1CCCn2nccc21. The van der Waals surface area contributed by atoms with Crippen LogP contribution in [0.1, 0.15) is 6.42 Å². The largest absolute Gasteiger partial charge is 0.452 e. The van der Waals surface area contributed by atoms with Crippen LogP contribution in [0, 0.1) is 0 Å². The Bertz CT molecular complexity index is 321. The number of rotatable bonds is 0. The van der Waals surface area contributed by atoms with Gasteiger partial charge in [-0.15, -0.1) is 0 Å². The summed E-state index contributed by atoms with van der Waals surface area (Å²) in [5.74, 6) is 0.818. The van der Waals surface area contributed by atoms with Crippen LogP contribution >= 0.6 is 0 Å². The molecule has 0 radical (unpaired) electrons. The van der Waals surface area contributed by atoms with Gasteiger partial charge in [0.1, 0.15) is 5.82 Å². The Kier molecular flexibility index (Phi) is 1.92. The van der Waals surface area contributed by atoms with Crippen LogP contribution in [0.3, 0.4) is 0 Å². The number of anilines is 1. The van der Waals surface area contributed by atoms with Crippen LogP contribution < -0.4 is 4.90 Å². The lowest BCUT2D eigenvalue weighted by Crippen LogP contribution is -2.37. The second-order valence-electron chi connectivity index (χ2n) is 2.89. The zero-order chi connectivity index (χ0) is 9.26. The first-order valence-electron chi connectivity index (χ1n) is 4.20. The fourth-order valence-electron chi connectivity index (χ4n) is 1.52. The fraction of sp³-hybridized carbons (Fsp3) is 0.500. The smallest absolute Gasteiger partial charge is 0.415 e. The van der Waals surface area contributed by atoms with Crippen molar-refractivity contribution in [3.63, 3.8) is 0 Å². The molecule has 1 amide bonds. The maximum absolute atomic E-state index is 11.3. The van der Waals surface area contributed by atoms with Crippen LogP contribution in [-0.2, 0) is 11.3 Å². The standard InChI is InChI=1S/C8H11N3O2/c1-13-8(12)10-5-2-6-11-7(10)3-4-9-11/h3-4H,2,5-6H2,1H3. The molecule has 2 heterocycles. The second-order valence-corrected chi connectivity index (χ2v) is 2.89. The van der Waals surface area contributed by atoms with Gasteiger partial charge in [0.05, 0.1) is 13.3 Å². The number of hydrogen-bond donors (Lipinski definition) is 0. The molecule has 70 valence electrons. The molecule has 0 bridgehead atoms. The minimum absolute atomic E-state index is 0.318. The Morgan fingerprint density at radius 2 is 2.46 bits per heavy atom. The van der Waals surface area contributed by atoms with Gasteiger partial charge < -0.3 is 4.74 Å². The fourth-order valence-corrected chi connectivity index (χ4v) is 1.52. The van der Waals surface area contributed by atoms with Gasteiger partial charge in [-0.25, -0.2) is 9.48 Å². The molecule has 1 aliphatic rings. The molecule has 0 unspecified atom stereocenters. The first-order valence-corrected chi connectivity index (χ1v) is 4.20. The van der Waals surface area contributed by atoms with E-state index in [1.807, 2.05) is 6.07 Å². The third kappa shape index (κ3) is 1.26. The Morgan fingerprint density at radius 1 is 1.62 bits per heavy atom. The van der Waals surface area contributed by atoms with Crippen LogP contribution in [0.15, 0.2) is 12.3 Å². The van der Waals surface area contributed by atoms with Crippen LogP contribution in [0.25, 0.3) is 0 Å². The van der Waals surface area contributed by atoms with Crippen molar-refractivity contribution in [1.82, 2.24) is 9.78 Å². The van der Waals surface area contributed by atoms with Gasteiger partial charge in [-0.05, 0) is 6.42 Å². The highest BCUT2D eigenvalue weighted by molar-refractivity contribution is 5.86. The first-order chi connectivity index (χ1) is 6.33. The van der Waals surface area contributed by atoms with E-state index in [0.29, 0.717) is 6.54 Å². The van der Waals surface area contributed by atoms with E-state index in [0.717, 1.165) is 18.8 Å². The molecule has 2 rings (SSSR count). The number of ether oxygens (including phenoxy) is 1. The van der Waals surface area contributed by atoms with E-state index in [9.17, 15) is 4.79 Å². The zero-order valence-corrected chi connectivity index (χ0v) is 7.43. The Balaban J connectivity index is 2.30. The first kappa shape index (κ1) is 8.10. The molecule has 1 aromatic rings. The molecule has 1 aromatic heterocycles. The normalized spacial score (nSPS) is 15.3. The molecule has 5 nitrogen and oxygen atoms in total. The van der Waals surface area contributed by atoms with E-state index in [1.54, 1.807) is 15.8 Å². The summed E-state index contributed by atoms with van der Waals surface area (Å²) in [4.78, 5) is 12.9. The van der Waals surface area contributed by atoms with Crippen LogP contribution in [0.4, 0.5) is 10.6 Å². The Morgan fingerprint density at radius 3 is 3.23 bits per heavy atom. The molecule has 13 heavy (non-hydrogen) atoms. The van der Waals surface area contributed by atoms with Gasteiger partial charge in [-0.3, -0.25) is 4.90 Å². The van der Waals surface area contributed by atoms with Gasteiger partial charge in [-0.2, -0.15) is 5.10 Å². The number of carbonyl (C=O) groups is 1. The number of fused-ring (bicyclic) bond motifs is 1. The molecule has 0 atom stereocenters. The number of hydrogen-bond acceptors (Lipinski definition) is 3. The third-order valence-electron chi connectivity index (χ3n) is 2.12. The number of aromatic nitrogens is 2. The molecular weight excluding hydrogens is 170 g/mol. The molecule has 0 aliphatic carbocycles. The lowest BCUT2D eigenvalue weighted by molar-refractivity contribution is 0.177. The van der Waals surface area contributed by atoms with Crippen LogP contribution in [0.5, 0.6) is 0 Å². The summed E-state index contributed by atoms with van der Waals surface area (Å²) in [6.45, 7) is 1.58. The summed E-state index contributed by atoms with van der Waals surface area (Å²) in [5.41, 5.74) is 0. The van der Waals surface area contributed by atoms with E-state index in [1.165, 1.54) is 7.11 Å². The molecular formula is C8H11N3O2. The molecule has 0 spiro atoms.